The lowest BCUT2D eigenvalue weighted by Crippen LogP contribution is -2.17. The molecule has 2 aliphatic rings. The van der Waals surface area contributed by atoms with Gasteiger partial charge in [-0.1, -0.05) is 26.2 Å². The molecule has 2 fully saturated rings. The van der Waals surface area contributed by atoms with Gasteiger partial charge in [0.15, 0.2) is 5.82 Å². The summed E-state index contributed by atoms with van der Waals surface area (Å²) in [4.78, 5) is 11.0. The van der Waals surface area contributed by atoms with E-state index in [1.165, 1.54) is 25.7 Å². The summed E-state index contributed by atoms with van der Waals surface area (Å²) in [5, 5.41) is 21.2. The average molecular weight is 278 g/mol. The quantitative estimate of drug-likeness (QED) is 0.864. The number of nitrogens with zero attached hydrogens (tertiary/aromatic N) is 4. The number of carboxylic acid groups (broad SMARTS) is 1. The zero-order valence-electron chi connectivity index (χ0n) is 11.9. The van der Waals surface area contributed by atoms with Crippen molar-refractivity contribution in [1.82, 2.24) is 20.2 Å². The van der Waals surface area contributed by atoms with Gasteiger partial charge in [-0.25, -0.2) is 4.68 Å². The largest absolute Gasteiger partial charge is 0.481 e. The summed E-state index contributed by atoms with van der Waals surface area (Å²) in [5.74, 6) is 2.10. The summed E-state index contributed by atoms with van der Waals surface area (Å²) < 4.78 is 1.81. The van der Waals surface area contributed by atoms with Crippen LogP contribution in [0.5, 0.6) is 0 Å². The smallest absolute Gasteiger partial charge is 0.305 e. The second kappa shape index (κ2) is 5.50. The Morgan fingerprint density at radius 1 is 1.40 bits per heavy atom. The van der Waals surface area contributed by atoms with E-state index in [9.17, 15) is 4.79 Å². The first-order valence-corrected chi connectivity index (χ1v) is 7.72. The molecule has 20 heavy (non-hydrogen) atoms. The zero-order chi connectivity index (χ0) is 14.1. The van der Waals surface area contributed by atoms with Crippen LogP contribution in [0.1, 0.15) is 69.7 Å². The Labute approximate surface area is 118 Å². The van der Waals surface area contributed by atoms with Crippen molar-refractivity contribution >= 4 is 5.97 Å². The molecule has 6 nitrogen and oxygen atoms in total. The van der Waals surface area contributed by atoms with Gasteiger partial charge in [0.2, 0.25) is 0 Å². The first-order valence-electron chi connectivity index (χ1n) is 7.72. The maximum atomic E-state index is 11.0. The number of carbonyl (C=O) groups is 1. The normalized spacial score (nSPS) is 29.8. The minimum absolute atomic E-state index is 0.105. The van der Waals surface area contributed by atoms with E-state index >= 15 is 0 Å². The van der Waals surface area contributed by atoms with E-state index in [2.05, 4.69) is 22.4 Å². The third kappa shape index (κ3) is 2.43. The predicted molar refractivity (Wildman–Crippen MR) is 72.2 cm³/mol. The van der Waals surface area contributed by atoms with Crippen molar-refractivity contribution in [2.75, 3.05) is 0 Å². The van der Waals surface area contributed by atoms with Crippen molar-refractivity contribution < 1.29 is 9.90 Å². The SMILES string of the molecule is CCCC(CC(=O)O)n1nnnc1C1C2CCCCC21. The number of fused-ring (bicyclic) bond motifs is 1. The van der Waals surface area contributed by atoms with Crippen LogP contribution in [0, 0.1) is 11.8 Å². The van der Waals surface area contributed by atoms with E-state index in [0.29, 0.717) is 5.92 Å². The van der Waals surface area contributed by atoms with Crippen molar-refractivity contribution in [2.45, 2.75) is 63.8 Å². The Kier molecular flexibility index (Phi) is 3.72. The van der Waals surface area contributed by atoms with E-state index in [-0.39, 0.29) is 12.5 Å². The molecule has 3 rings (SSSR count). The van der Waals surface area contributed by atoms with E-state index in [4.69, 9.17) is 5.11 Å². The van der Waals surface area contributed by atoms with Crippen molar-refractivity contribution in [3.8, 4) is 0 Å². The number of aliphatic carboxylic acids is 1. The Morgan fingerprint density at radius 2 is 2.10 bits per heavy atom. The third-order valence-corrected chi connectivity index (χ3v) is 4.85. The molecule has 2 aliphatic carbocycles. The fourth-order valence-electron chi connectivity index (χ4n) is 3.90. The summed E-state index contributed by atoms with van der Waals surface area (Å²) in [7, 11) is 0. The van der Waals surface area contributed by atoms with Gasteiger partial charge in [-0.05, 0) is 41.5 Å². The topological polar surface area (TPSA) is 80.9 Å². The van der Waals surface area contributed by atoms with Crippen LogP contribution in [0.4, 0.5) is 0 Å². The van der Waals surface area contributed by atoms with Crippen molar-refractivity contribution in [1.29, 1.82) is 0 Å². The van der Waals surface area contributed by atoms with Crippen LogP contribution in [-0.2, 0) is 4.79 Å². The highest BCUT2D eigenvalue weighted by molar-refractivity contribution is 5.67. The highest BCUT2D eigenvalue weighted by Crippen LogP contribution is 2.60. The molecule has 1 aromatic heterocycles. The fraction of sp³-hybridized carbons (Fsp3) is 0.857. The van der Waals surface area contributed by atoms with Gasteiger partial charge < -0.3 is 5.11 Å². The van der Waals surface area contributed by atoms with E-state index < -0.39 is 5.97 Å². The van der Waals surface area contributed by atoms with Crippen LogP contribution in [0.25, 0.3) is 0 Å². The molecule has 0 aliphatic heterocycles. The monoisotopic (exact) mass is 278 g/mol. The van der Waals surface area contributed by atoms with Crippen LogP contribution in [-0.4, -0.2) is 31.3 Å². The Bertz CT molecular complexity index is 475. The van der Waals surface area contributed by atoms with Gasteiger partial charge in [0.1, 0.15) is 0 Å². The lowest BCUT2D eigenvalue weighted by molar-refractivity contribution is -0.138. The van der Waals surface area contributed by atoms with Gasteiger partial charge in [-0.2, -0.15) is 0 Å². The van der Waals surface area contributed by atoms with Gasteiger partial charge in [0.05, 0.1) is 12.5 Å². The highest BCUT2D eigenvalue weighted by atomic mass is 16.4. The maximum absolute atomic E-state index is 11.0. The van der Waals surface area contributed by atoms with Gasteiger partial charge in [-0.15, -0.1) is 5.10 Å². The summed E-state index contributed by atoms with van der Waals surface area (Å²) in [6, 6.07) is -0.106. The number of carboxylic acids is 1. The molecule has 6 heteroatoms. The molecule has 0 spiro atoms. The zero-order valence-corrected chi connectivity index (χ0v) is 11.9. The van der Waals surface area contributed by atoms with Crippen LogP contribution < -0.4 is 0 Å². The van der Waals surface area contributed by atoms with Crippen LogP contribution in [0.2, 0.25) is 0 Å². The van der Waals surface area contributed by atoms with Gasteiger partial charge in [0.25, 0.3) is 0 Å². The van der Waals surface area contributed by atoms with E-state index in [0.717, 1.165) is 30.5 Å². The van der Waals surface area contributed by atoms with Crippen molar-refractivity contribution in [2.24, 2.45) is 11.8 Å². The van der Waals surface area contributed by atoms with Gasteiger partial charge in [0, 0.05) is 5.92 Å². The molecule has 1 heterocycles. The third-order valence-electron chi connectivity index (χ3n) is 4.85. The van der Waals surface area contributed by atoms with Crippen molar-refractivity contribution in [3.05, 3.63) is 5.82 Å². The number of aromatic nitrogens is 4. The minimum atomic E-state index is -0.780. The molecule has 0 bridgehead atoms. The number of rotatable bonds is 6. The molecule has 0 amide bonds. The predicted octanol–water partition coefficient (Wildman–Crippen LogP) is 2.39. The van der Waals surface area contributed by atoms with Crippen molar-refractivity contribution in [3.63, 3.8) is 0 Å². The first kappa shape index (κ1) is 13.5. The second-order valence-electron chi connectivity index (χ2n) is 6.16. The number of hydrogen-bond donors (Lipinski definition) is 1. The van der Waals surface area contributed by atoms with E-state index in [1.54, 1.807) is 4.68 Å². The molecular weight excluding hydrogens is 256 g/mol. The lowest BCUT2D eigenvalue weighted by atomic mass is 10.0. The Morgan fingerprint density at radius 3 is 2.70 bits per heavy atom. The Balaban J connectivity index is 1.79. The van der Waals surface area contributed by atoms with Crippen LogP contribution in [0.3, 0.4) is 0 Å². The summed E-state index contributed by atoms with van der Waals surface area (Å²) in [5.41, 5.74) is 0. The highest BCUT2D eigenvalue weighted by Gasteiger charge is 2.54. The maximum Gasteiger partial charge on any atom is 0.305 e. The molecule has 1 aromatic rings. The Hall–Kier alpha value is -1.46. The summed E-state index contributed by atoms with van der Waals surface area (Å²) in [6.45, 7) is 2.07. The minimum Gasteiger partial charge on any atom is -0.481 e. The average Bonchev–Trinajstić information content (AvgIpc) is 2.95. The molecule has 1 N–H and O–H groups in total. The molecule has 3 unspecified atom stereocenters. The number of hydrogen-bond acceptors (Lipinski definition) is 4. The lowest BCUT2D eigenvalue weighted by Gasteiger charge is -2.15. The molecular formula is C14H22N4O2. The fourth-order valence-corrected chi connectivity index (χ4v) is 3.90. The van der Waals surface area contributed by atoms with Gasteiger partial charge >= 0.3 is 5.97 Å². The second-order valence-corrected chi connectivity index (χ2v) is 6.16. The summed E-state index contributed by atoms with van der Waals surface area (Å²) >= 11 is 0. The first-order chi connectivity index (χ1) is 9.72. The molecule has 0 radical (unpaired) electrons. The van der Waals surface area contributed by atoms with Crippen LogP contribution >= 0.6 is 0 Å². The molecule has 0 aromatic carbocycles. The summed E-state index contributed by atoms with van der Waals surface area (Å²) in [6.07, 6.45) is 7.04. The van der Waals surface area contributed by atoms with Crippen LogP contribution in [0.15, 0.2) is 0 Å². The van der Waals surface area contributed by atoms with E-state index in [1.807, 2.05) is 0 Å². The number of tetrazole rings is 1. The molecule has 110 valence electrons. The molecule has 3 atom stereocenters. The molecule has 2 saturated carbocycles. The van der Waals surface area contributed by atoms with Gasteiger partial charge in [-0.3, -0.25) is 4.79 Å². The molecule has 0 saturated heterocycles. The standard InChI is InChI=1S/C14H22N4O2/c1-2-5-9(8-12(19)20)18-14(15-16-17-18)13-10-6-3-4-7-11(10)13/h9-11,13H,2-8H2,1H3,(H,19,20).